The van der Waals surface area contributed by atoms with Gasteiger partial charge in [0.2, 0.25) is 0 Å². The van der Waals surface area contributed by atoms with E-state index < -0.39 is 6.10 Å². The highest BCUT2D eigenvalue weighted by molar-refractivity contribution is 5.69. The molecule has 284 valence electrons. The third kappa shape index (κ3) is 11.4. The first-order valence-electron chi connectivity index (χ1n) is 21.6. The van der Waals surface area contributed by atoms with Crippen molar-refractivity contribution in [1.29, 1.82) is 0 Å². The van der Waals surface area contributed by atoms with Gasteiger partial charge >= 0.3 is 5.97 Å². The van der Waals surface area contributed by atoms with Crippen LogP contribution in [-0.4, -0.2) is 23.3 Å². The second-order valence-corrected chi connectivity index (χ2v) is 18.2. The summed E-state index contributed by atoms with van der Waals surface area (Å²) in [6.07, 6.45) is 40.5. The second kappa shape index (κ2) is 20.6. The number of aliphatic hydroxyl groups excluding tert-OH is 1. The molecule has 4 aliphatic rings. The number of hydrogen-bond acceptors (Lipinski definition) is 3. The zero-order valence-electron chi connectivity index (χ0n) is 33.5. The van der Waals surface area contributed by atoms with E-state index in [0.717, 1.165) is 61.2 Å². The molecule has 3 nitrogen and oxygen atoms in total. The van der Waals surface area contributed by atoms with E-state index in [-0.39, 0.29) is 17.5 Å². The summed E-state index contributed by atoms with van der Waals surface area (Å²) in [7, 11) is 0. The zero-order valence-corrected chi connectivity index (χ0v) is 33.5. The van der Waals surface area contributed by atoms with Crippen molar-refractivity contribution in [1.82, 2.24) is 0 Å². The van der Waals surface area contributed by atoms with Crippen molar-refractivity contribution in [2.45, 2.75) is 195 Å². The van der Waals surface area contributed by atoms with Gasteiger partial charge in [0.05, 0.1) is 6.10 Å². The summed E-state index contributed by atoms with van der Waals surface area (Å²) in [5, 5.41) is 10.4. The van der Waals surface area contributed by atoms with Crippen LogP contribution in [0.3, 0.4) is 0 Å². The molecule has 0 radical (unpaired) electrons. The Morgan fingerprint density at radius 2 is 1.68 bits per heavy atom. The third-order valence-corrected chi connectivity index (χ3v) is 14.2. The predicted molar refractivity (Wildman–Crippen MR) is 213 cm³/mol. The van der Waals surface area contributed by atoms with Gasteiger partial charge < -0.3 is 9.84 Å². The Morgan fingerprint density at radius 3 is 2.48 bits per heavy atom. The van der Waals surface area contributed by atoms with Gasteiger partial charge in [-0.1, -0.05) is 141 Å². The van der Waals surface area contributed by atoms with Crippen LogP contribution in [0, 0.1) is 46.3 Å². The molecule has 9 atom stereocenters. The number of hydrogen-bond donors (Lipinski definition) is 1. The molecule has 0 aromatic rings. The number of fused-ring (bicyclic) bond motifs is 5. The molecule has 0 saturated heterocycles. The molecule has 0 amide bonds. The minimum atomic E-state index is -0.521. The van der Waals surface area contributed by atoms with Crippen molar-refractivity contribution >= 4 is 5.97 Å². The molecule has 0 heterocycles. The maximum Gasteiger partial charge on any atom is 0.306 e. The molecule has 0 aromatic carbocycles. The van der Waals surface area contributed by atoms with E-state index >= 15 is 0 Å². The largest absolute Gasteiger partial charge is 0.462 e. The summed E-state index contributed by atoms with van der Waals surface area (Å²) < 4.78 is 6.06. The average Bonchev–Trinajstić information content (AvgIpc) is 3.44. The monoisotopic (exact) mass is 691 g/mol. The Bertz CT molecular complexity index is 1130. The summed E-state index contributed by atoms with van der Waals surface area (Å²) in [5.41, 5.74) is 2.39. The molecular weight excluding hydrogens is 613 g/mol. The van der Waals surface area contributed by atoms with E-state index in [1.165, 1.54) is 96.3 Å². The highest BCUT2D eigenvalue weighted by atomic mass is 16.5. The first kappa shape index (κ1) is 41.2. The lowest BCUT2D eigenvalue weighted by Crippen LogP contribution is -2.51. The lowest BCUT2D eigenvalue weighted by Gasteiger charge is -2.58. The summed E-state index contributed by atoms with van der Waals surface area (Å²) in [6, 6.07) is 0. The van der Waals surface area contributed by atoms with Crippen molar-refractivity contribution < 1.29 is 14.6 Å². The quantitative estimate of drug-likeness (QED) is 0.0564. The van der Waals surface area contributed by atoms with Gasteiger partial charge in [-0.05, 0) is 123 Å². The molecule has 0 bridgehead atoms. The van der Waals surface area contributed by atoms with Gasteiger partial charge in [-0.15, -0.1) is 0 Å². The van der Waals surface area contributed by atoms with Crippen molar-refractivity contribution in [3.05, 3.63) is 48.1 Å². The van der Waals surface area contributed by atoms with Gasteiger partial charge in [0, 0.05) is 12.8 Å². The van der Waals surface area contributed by atoms with Crippen LogP contribution in [0.15, 0.2) is 48.1 Å². The topological polar surface area (TPSA) is 46.5 Å². The molecule has 4 rings (SSSR count). The minimum absolute atomic E-state index is 0.0181. The van der Waals surface area contributed by atoms with Gasteiger partial charge in [-0.25, -0.2) is 0 Å². The van der Waals surface area contributed by atoms with E-state index in [1.54, 1.807) is 5.57 Å². The average molecular weight is 691 g/mol. The fourth-order valence-electron chi connectivity index (χ4n) is 11.2. The van der Waals surface area contributed by atoms with Crippen LogP contribution < -0.4 is 0 Å². The van der Waals surface area contributed by atoms with Crippen molar-refractivity contribution in [2.24, 2.45) is 46.3 Å². The Hall–Kier alpha value is -1.61. The lowest BCUT2D eigenvalue weighted by atomic mass is 9.47. The highest BCUT2D eigenvalue weighted by Crippen LogP contribution is 2.67. The number of aliphatic hydroxyl groups is 1. The van der Waals surface area contributed by atoms with Gasteiger partial charge in [0.15, 0.2) is 0 Å². The molecule has 0 spiro atoms. The minimum Gasteiger partial charge on any atom is -0.462 e. The lowest BCUT2D eigenvalue weighted by molar-refractivity contribution is -0.151. The van der Waals surface area contributed by atoms with Crippen molar-refractivity contribution in [3.8, 4) is 0 Å². The predicted octanol–water partition coefficient (Wildman–Crippen LogP) is 13.3. The summed E-state index contributed by atoms with van der Waals surface area (Å²) >= 11 is 0. The number of esters is 1. The maximum absolute atomic E-state index is 12.8. The fraction of sp³-hybridized carbons (Fsp3) is 0.809. The molecular formula is C47H78O3. The standard InChI is InChI=1S/C47H78O3/c1-7-8-9-10-11-12-13-14-15-16-17-18-19-24-39(48)25-21-26-45(49)50-40-31-33-46(5)38(35-40)27-28-41-43-30-29-42(37(4)23-20-22-36(2)3)47(43,6)34-32-44(41)46/h14-15,17-19,24,27,36-37,39-44,48H,7-13,16,20-23,25-26,28-35H2,1-6H3/b15-14+,18-17+,24-19+/t37-,39?,40+,41+,42-,43+,44+,46+,47-/m1/s1. The van der Waals surface area contributed by atoms with Crippen LogP contribution in [0.2, 0.25) is 0 Å². The number of rotatable bonds is 21. The molecule has 1 N–H and O–H groups in total. The SMILES string of the molecule is CCCCCCCC/C=C/C/C=C/C=C/C(O)CCCC(=O)O[C@H]1CC[C@@]2(C)C(=CC[C@H]3[C@@H]4CC[C@H]([C@H](C)CCCC(C)C)[C@@]4(C)CC[C@@H]32)C1. The van der Waals surface area contributed by atoms with E-state index in [9.17, 15) is 9.90 Å². The van der Waals surface area contributed by atoms with E-state index in [2.05, 4.69) is 65.8 Å². The Morgan fingerprint density at radius 1 is 0.880 bits per heavy atom. The first-order valence-corrected chi connectivity index (χ1v) is 21.6. The summed E-state index contributed by atoms with van der Waals surface area (Å²) in [5.74, 6) is 5.00. The molecule has 3 fully saturated rings. The van der Waals surface area contributed by atoms with Crippen LogP contribution in [-0.2, 0) is 9.53 Å². The van der Waals surface area contributed by atoms with Crippen LogP contribution in [0.4, 0.5) is 0 Å². The first-order chi connectivity index (χ1) is 24.1. The van der Waals surface area contributed by atoms with Gasteiger partial charge in [0.1, 0.15) is 6.10 Å². The Kier molecular flexibility index (Phi) is 16.9. The van der Waals surface area contributed by atoms with Gasteiger partial charge in [0.25, 0.3) is 0 Å². The Balaban J connectivity index is 1.14. The fourth-order valence-corrected chi connectivity index (χ4v) is 11.2. The van der Waals surface area contributed by atoms with Crippen LogP contribution in [0.1, 0.15) is 183 Å². The number of ether oxygens (including phenoxy) is 1. The molecule has 50 heavy (non-hydrogen) atoms. The molecule has 0 aromatic heterocycles. The van der Waals surface area contributed by atoms with Crippen molar-refractivity contribution in [2.75, 3.05) is 0 Å². The van der Waals surface area contributed by atoms with Crippen LogP contribution in [0.5, 0.6) is 0 Å². The summed E-state index contributed by atoms with van der Waals surface area (Å²) in [6.45, 7) is 14.8. The smallest absolute Gasteiger partial charge is 0.306 e. The highest BCUT2D eigenvalue weighted by Gasteiger charge is 2.59. The number of allylic oxidation sites excluding steroid dienone is 6. The summed E-state index contributed by atoms with van der Waals surface area (Å²) in [4.78, 5) is 12.8. The molecule has 4 aliphatic carbocycles. The molecule has 3 saturated carbocycles. The van der Waals surface area contributed by atoms with Crippen LogP contribution >= 0.6 is 0 Å². The third-order valence-electron chi connectivity index (χ3n) is 14.2. The van der Waals surface area contributed by atoms with E-state index in [4.69, 9.17) is 4.74 Å². The normalized spacial score (nSPS) is 32.3. The molecule has 3 heteroatoms. The number of unbranched alkanes of at least 4 members (excludes halogenated alkanes) is 6. The van der Waals surface area contributed by atoms with Crippen LogP contribution in [0.25, 0.3) is 0 Å². The van der Waals surface area contributed by atoms with E-state index in [1.807, 2.05) is 18.2 Å². The number of carbonyl (C=O) groups is 1. The number of carbonyl (C=O) groups excluding carboxylic acids is 1. The van der Waals surface area contributed by atoms with E-state index in [0.29, 0.717) is 24.7 Å². The maximum atomic E-state index is 12.8. The van der Waals surface area contributed by atoms with Gasteiger partial charge in [-0.3, -0.25) is 4.79 Å². The zero-order chi connectivity index (χ0) is 36.0. The Labute approximate surface area is 309 Å². The molecule has 0 aliphatic heterocycles. The van der Waals surface area contributed by atoms with Crippen molar-refractivity contribution in [3.63, 3.8) is 0 Å². The van der Waals surface area contributed by atoms with Gasteiger partial charge in [-0.2, -0.15) is 0 Å². The second-order valence-electron chi connectivity index (χ2n) is 18.2. The molecule has 1 unspecified atom stereocenters.